The number of hydrogen-bond donors (Lipinski definition) is 2. The summed E-state index contributed by atoms with van der Waals surface area (Å²) in [4.78, 5) is 12.2. The van der Waals surface area contributed by atoms with Gasteiger partial charge in [-0.25, -0.2) is 4.98 Å². The summed E-state index contributed by atoms with van der Waals surface area (Å²) in [5.41, 5.74) is 3.87. The number of H-pyrrole nitrogens is 1. The van der Waals surface area contributed by atoms with Crippen LogP contribution in [-0.2, 0) is 0 Å². The van der Waals surface area contributed by atoms with E-state index in [1.165, 1.54) is 0 Å². The van der Waals surface area contributed by atoms with Gasteiger partial charge in [-0.2, -0.15) is 0 Å². The van der Waals surface area contributed by atoms with E-state index in [1.807, 2.05) is 30.3 Å². The van der Waals surface area contributed by atoms with Gasteiger partial charge in [0.05, 0.1) is 11.0 Å². The number of aliphatic hydroxyl groups is 1. The van der Waals surface area contributed by atoms with Gasteiger partial charge in [-0.05, 0) is 36.2 Å². The maximum absolute atomic E-state index is 9.40. The lowest BCUT2D eigenvalue weighted by Crippen LogP contribution is -2.02. The zero-order valence-corrected chi connectivity index (χ0v) is 11.4. The van der Waals surface area contributed by atoms with Crippen LogP contribution in [-0.4, -0.2) is 26.7 Å². The van der Waals surface area contributed by atoms with E-state index in [4.69, 9.17) is 0 Å². The number of rotatable bonds is 4. The summed E-state index contributed by atoms with van der Waals surface area (Å²) in [6.07, 6.45) is 2.68. The van der Waals surface area contributed by atoms with Crippen LogP contribution in [0.5, 0.6) is 0 Å². The number of aromatic nitrogens is 3. The lowest BCUT2D eigenvalue weighted by molar-refractivity contribution is 0.262. The molecule has 3 rings (SSSR count). The fourth-order valence-electron chi connectivity index (χ4n) is 2.38. The number of imidazole rings is 1. The number of aromatic amines is 1. The monoisotopic (exact) mass is 267 g/mol. The Morgan fingerprint density at radius 1 is 1.25 bits per heavy atom. The Bertz CT molecular complexity index is 702. The van der Waals surface area contributed by atoms with E-state index in [0.717, 1.165) is 34.5 Å². The number of pyridine rings is 1. The zero-order chi connectivity index (χ0) is 13.9. The molecule has 1 aromatic carbocycles. The van der Waals surface area contributed by atoms with Gasteiger partial charge in [-0.15, -0.1) is 0 Å². The minimum atomic E-state index is 0.170. The third-order valence-corrected chi connectivity index (χ3v) is 3.60. The van der Waals surface area contributed by atoms with Crippen molar-refractivity contribution in [3.63, 3.8) is 0 Å². The number of nitrogens with one attached hydrogen (secondary N) is 1. The molecule has 0 bridgehead atoms. The van der Waals surface area contributed by atoms with Crippen LogP contribution in [0.3, 0.4) is 0 Å². The molecule has 4 nitrogen and oxygen atoms in total. The molecule has 102 valence electrons. The molecule has 1 atom stereocenters. The Morgan fingerprint density at radius 3 is 2.85 bits per heavy atom. The van der Waals surface area contributed by atoms with Gasteiger partial charge < -0.3 is 10.1 Å². The van der Waals surface area contributed by atoms with Crippen molar-refractivity contribution in [3.05, 3.63) is 48.2 Å². The van der Waals surface area contributed by atoms with Crippen molar-refractivity contribution in [2.24, 2.45) is 0 Å². The van der Waals surface area contributed by atoms with Gasteiger partial charge in [0.25, 0.3) is 0 Å². The molecule has 0 spiro atoms. The Labute approximate surface area is 117 Å². The summed E-state index contributed by atoms with van der Waals surface area (Å²) < 4.78 is 0. The molecule has 3 aromatic rings. The highest BCUT2D eigenvalue weighted by Gasteiger charge is 2.11. The number of aliphatic hydroxyl groups excluding tert-OH is 1. The average molecular weight is 267 g/mol. The van der Waals surface area contributed by atoms with Crippen LogP contribution in [0.4, 0.5) is 0 Å². The summed E-state index contributed by atoms with van der Waals surface area (Å²) in [5, 5.41) is 9.40. The Hall–Kier alpha value is -2.20. The van der Waals surface area contributed by atoms with Gasteiger partial charge in [0, 0.05) is 18.7 Å². The molecule has 0 radical (unpaired) electrons. The highest BCUT2D eigenvalue weighted by Crippen LogP contribution is 2.24. The van der Waals surface area contributed by atoms with Gasteiger partial charge in [-0.3, -0.25) is 4.98 Å². The predicted octanol–water partition coefficient (Wildman–Crippen LogP) is 3.11. The number of nitrogens with zero attached hydrogens (tertiary/aromatic N) is 2. The summed E-state index contributed by atoms with van der Waals surface area (Å²) in [7, 11) is 0. The second-order valence-electron chi connectivity index (χ2n) is 4.86. The van der Waals surface area contributed by atoms with E-state index in [0.29, 0.717) is 0 Å². The van der Waals surface area contributed by atoms with Crippen molar-refractivity contribution in [2.45, 2.75) is 19.3 Å². The van der Waals surface area contributed by atoms with Crippen molar-refractivity contribution < 1.29 is 5.11 Å². The molecule has 20 heavy (non-hydrogen) atoms. The fraction of sp³-hybridized carbons (Fsp3) is 0.250. The quantitative estimate of drug-likeness (QED) is 0.763. The van der Waals surface area contributed by atoms with Crippen LogP contribution in [0.2, 0.25) is 0 Å². The van der Waals surface area contributed by atoms with E-state index in [-0.39, 0.29) is 12.5 Å². The minimum absolute atomic E-state index is 0.170. The molecular formula is C16H17N3O. The first-order chi connectivity index (χ1) is 9.81. The van der Waals surface area contributed by atoms with E-state index in [1.54, 1.807) is 6.20 Å². The molecule has 0 saturated heterocycles. The minimum Gasteiger partial charge on any atom is -0.396 e. The van der Waals surface area contributed by atoms with Crippen LogP contribution < -0.4 is 0 Å². The molecular weight excluding hydrogens is 250 g/mol. The van der Waals surface area contributed by atoms with Gasteiger partial charge in [0.1, 0.15) is 5.69 Å². The number of hydrogen-bond acceptors (Lipinski definition) is 3. The van der Waals surface area contributed by atoms with Crippen LogP contribution in [0.25, 0.3) is 22.6 Å². The average Bonchev–Trinajstić information content (AvgIpc) is 2.93. The second kappa shape index (κ2) is 5.43. The standard InChI is InChI=1S/C16H17N3O/c1-2-11(10-20)12-6-7-13-15(9-12)19-16(18-13)14-5-3-4-8-17-14/h3-9,11,20H,2,10H2,1H3,(H,18,19). The lowest BCUT2D eigenvalue weighted by atomic mass is 9.97. The van der Waals surface area contributed by atoms with E-state index >= 15 is 0 Å². The topological polar surface area (TPSA) is 61.8 Å². The molecule has 1 unspecified atom stereocenters. The SMILES string of the molecule is CCC(CO)c1ccc2nc(-c3ccccn3)[nH]c2c1. The fourth-order valence-corrected chi connectivity index (χ4v) is 2.38. The summed E-state index contributed by atoms with van der Waals surface area (Å²) in [5.74, 6) is 0.954. The lowest BCUT2D eigenvalue weighted by Gasteiger charge is -2.11. The van der Waals surface area contributed by atoms with Crippen molar-refractivity contribution in [1.82, 2.24) is 15.0 Å². The number of benzene rings is 1. The normalized spacial score (nSPS) is 12.7. The Kier molecular flexibility index (Phi) is 3.48. The van der Waals surface area contributed by atoms with Crippen molar-refractivity contribution in [1.29, 1.82) is 0 Å². The maximum Gasteiger partial charge on any atom is 0.157 e. The van der Waals surface area contributed by atoms with Gasteiger partial charge in [0.15, 0.2) is 5.82 Å². The third kappa shape index (κ3) is 2.30. The van der Waals surface area contributed by atoms with E-state index < -0.39 is 0 Å². The second-order valence-corrected chi connectivity index (χ2v) is 4.86. The Balaban J connectivity index is 2.04. The smallest absolute Gasteiger partial charge is 0.157 e. The van der Waals surface area contributed by atoms with Crippen LogP contribution >= 0.6 is 0 Å². The Morgan fingerprint density at radius 2 is 2.15 bits per heavy atom. The van der Waals surface area contributed by atoms with Gasteiger partial charge >= 0.3 is 0 Å². The summed E-state index contributed by atoms with van der Waals surface area (Å²) in [6, 6.07) is 11.9. The van der Waals surface area contributed by atoms with Crippen LogP contribution in [0, 0.1) is 0 Å². The van der Waals surface area contributed by atoms with E-state index in [9.17, 15) is 5.11 Å². The van der Waals surface area contributed by atoms with Gasteiger partial charge in [0.2, 0.25) is 0 Å². The molecule has 0 aliphatic rings. The maximum atomic E-state index is 9.40. The summed E-state index contributed by atoms with van der Waals surface area (Å²) >= 11 is 0. The molecule has 0 saturated carbocycles. The first-order valence-electron chi connectivity index (χ1n) is 6.83. The molecule has 2 N–H and O–H groups in total. The van der Waals surface area contributed by atoms with Gasteiger partial charge in [-0.1, -0.05) is 19.1 Å². The molecule has 0 aliphatic carbocycles. The largest absolute Gasteiger partial charge is 0.396 e. The van der Waals surface area contributed by atoms with Crippen LogP contribution in [0.1, 0.15) is 24.8 Å². The third-order valence-electron chi connectivity index (χ3n) is 3.60. The molecule has 2 heterocycles. The molecule has 0 amide bonds. The number of fused-ring (bicyclic) bond motifs is 1. The van der Waals surface area contributed by atoms with Crippen LogP contribution in [0.15, 0.2) is 42.6 Å². The zero-order valence-electron chi connectivity index (χ0n) is 11.4. The predicted molar refractivity (Wildman–Crippen MR) is 79.4 cm³/mol. The van der Waals surface area contributed by atoms with Crippen molar-refractivity contribution >= 4 is 11.0 Å². The summed E-state index contributed by atoms with van der Waals surface area (Å²) in [6.45, 7) is 2.25. The van der Waals surface area contributed by atoms with E-state index in [2.05, 4.69) is 27.9 Å². The molecule has 0 aliphatic heterocycles. The van der Waals surface area contributed by atoms with Crippen molar-refractivity contribution in [2.75, 3.05) is 6.61 Å². The molecule has 2 aromatic heterocycles. The first-order valence-corrected chi connectivity index (χ1v) is 6.83. The molecule has 0 fully saturated rings. The highest BCUT2D eigenvalue weighted by molar-refractivity contribution is 5.79. The highest BCUT2D eigenvalue weighted by atomic mass is 16.3. The van der Waals surface area contributed by atoms with Crippen molar-refractivity contribution in [3.8, 4) is 11.5 Å². The first kappa shape index (κ1) is 12.8. The molecule has 4 heteroatoms.